The number of aromatic nitrogens is 2. The topological polar surface area (TPSA) is 38.1 Å². The lowest BCUT2D eigenvalue weighted by Crippen LogP contribution is -2.40. The van der Waals surface area contributed by atoms with Crippen molar-refractivity contribution in [1.82, 2.24) is 14.5 Å². The summed E-state index contributed by atoms with van der Waals surface area (Å²) in [6.45, 7) is 1.27. The average molecular weight is 437 g/mol. The van der Waals surface area contributed by atoms with Gasteiger partial charge in [-0.3, -0.25) is 4.79 Å². The van der Waals surface area contributed by atoms with E-state index in [0.717, 1.165) is 18.4 Å². The number of piperidine rings is 1. The van der Waals surface area contributed by atoms with Crippen LogP contribution in [0.5, 0.6) is 0 Å². The largest absolute Gasteiger partial charge is 0.391 e. The van der Waals surface area contributed by atoms with Crippen LogP contribution < -0.4 is 0 Å². The Hall–Kier alpha value is -2.38. The molecule has 2 heterocycles. The second-order valence-electron chi connectivity index (χ2n) is 8.79. The molecule has 0 radical (unpaired) electrons. The van der Waals surface area contributed by atoms with Gasteiger partial charge < -0.3 is 9.47 Å². The molecule has 1 amide bonds. The molecule has 168 valence electrons. The van der Waals surface area contributed by atoms with Gasteiger partial charge >= 0.3 is 6.18 Å². The summed E-state index contributed by atoms with van der Waals surface area (Å²) in [6, 6.07) is 6.55. The van der Waals surface area contributed by atoms with Gasteiger partial charge in [0.1, 0.15) is 5.82 Å². The van der Waals surface area contributed by atoms with Crippen molar-refractivity contribution in [1.29, 1.82) is 0 Å². The molecule has 1 aromatic heterocycles. The summed E-state index contributed by atoms with van der Waals surface area (Å²) in [5.41, 5.74) is 1.44. The number of nitrogens with zero attached hydrogens (tertiary/aromatic N) is 3. The average Bonchev–Trinajstić information content (AvgIpc) is 3.24. The van der Waals surface area contributed by atoms with Gasteiger partial charge in [-0.2, -0.15) is 13.2 Å². The molecule has 0 bridgehead atoms. The maximum absolute atomic E-state index is 13.5. The van der Waals surface area contributed by atoms with Crippen LogP contribution in [-0.4, -0.2) is 39.6 Å². The predicted octanol–water partition coefficient (Wildman–Crippen LogP) is 5.61. The van der Waals surface area contributed by atoms with Crippen LogP contribution in [0.3, 0.4) is 0 Å². The number of carbonyl (C=O) groups excluding carboxylic acids is 1. The van der Waals surface area contributed by atoms with Crippen LogP contribution in [-0.2, 0) is 4.79 Å². The third-order valence-electron chi connectivity index (χ3n) is 6.73. The zero-order valence-electron chi connectivity index (χ0n) is 17.3. The molecule has 1 aromatic carbocycles. The Morgan fingerprint density at radius 3 is 2.42 bits per heavy atom. The molecule has 2 aliphatic rings. The van der Waals surface area contributed by atoms with Crippen LogP contribution in [0.25, 0.3) is 11.3 Å². The Labute approximate surface area is 179 Å². The molecular weight excluding hydrogens is 410 g/mol. The van der Waals surface area contributed by atoms with Crippen molar-refractivity contribution in [3.05, 3.63) is 42.6 Å². The van der Waals surface area contributed by atoms with Gasteiger partial charge in [-0.15, -0.1) is 0 Å². The molecule has 31 heavy (non-hydrogen) atoms. The molecule has 2 aromatic rings. The Morgan fingerprint density at radius 1 is 1.06 bits per heavy atom. The number of halogens is 4. The van der Waals surface area contributed by atoms with Crippen molar-refractivity contribution >= 4 is 5.91 Å². The first-order valence-electron chi connectivity index (χ1n) is 10.9. The lowest BCUT2D eigenvalue weighted by Gasteiger charge is -2.35. The first-order valence-corrected chi connectivity index (χ1v) is 10.9. The number of carbonyl (C=O) groups is 1. The molecule has 1 aliphatic heterocycles. The molecule has 8 heteroatoms. The number of amides is 1. The summed E-state index contributed by atoms with van der Waals surface area (Å²) in [6.07, 6.45) is 2.72. The van der Waals surface area contributed by atoms with E-state index in [0.29, 0.717) is 38.0 Å². The van der Waals surface area contributed by atoms with Crippen LogP contribution in [0.1, 0.15) is 51.0 Å². The molecule has 2 fully saturated rings. The maximum Gasteiger partial charge on any atom is 0.391 e. The lowest BCUT2D eigenvalue weighted by atomic mass is 9.80. The molecule has 1 aliphatic carbocycles. The van der Waals surface area contributed by atoms with Crippen LogP contribution in [0.15, 0.2) is 36.8 Å². The molecule has 0 N–H and O–H groups in total. The van der Waals surface area contributed by atoms with Crippen molar-refractivity contribution in [2.24, 2.45) is 11.8 Å². The number of hydrogen-bond acceptors (Lipinski definition) is 2. The number of alkyl halides is 3. The number of rotatable bonds is 4. The monoisotopic (exact) mass is 437 g/mol. The first-order chi connectivity index (χ1) is 14.8. The van der Waals surface area contributed by atoms with Gasteiger partial charge in [0.05, 0.1) is 17.9 Å². The molecule has 0 atom stereocenters. The Balaban J connectivity index is 1.26. The van der Waals surface area contributed by atoms with Gasteiger partial charge in [0.2, 0.25) is 5.91 Å². The number of hydrogen-bond donors (Lipinski definition) is 0. The summed E-state index contributed by atoms with van der Waals surface area (Å²) < 4.78 is 53.9. The molecule has 0 unspecified atom stereocenters. The van der Waals surface area contributed by atoms with Crippen LogP contribution in [0, 0.1) is 17.7 Å². The number of likely N-dealkylation sites (tertiary alicyclic amines) is 1. The van der Waals surface area contributed by atoms with E-state index in [9.17, 15) is 22.4 Å². The number of benzene rings is 1. The minimum atomic E-state index is -4.11. The summed E-state index contributed by atoms with van der Waals surface area (Å²) in [7, 11) is 0. The lowest BCUT2D eigenvalue weighted by molar-refractivity contribution is -0.184. The highest BCUT2D eigenvalue weighted by Gasteiger charge is 2.41. The molecule has 1 saturated carbocycles. The molecule has 0 spiro atoms. The summed E-state index contributed by atoms with van der Waals surface area (Å²) >= 11 is 0. The molecule has 1 saturated heterocycles. The van der Waals surface area contributed by atoms with Crippen LogP contribution >= 0.6 is 0 Å². The SMILES string of the molecule is O=C(CC1CCC(C(F)(F)F)CC1)N1CCC(n2cnc(-c3cccc(F)c3)c2)CC1. The van der Waals surface area contributed by atoms with E-state index in [1.54, 1.807) is 12.4 Å². The molecule has 4 rings (SSSR count). The standard InChI is InChI=1S/C23H27F4N3O/c24-19-3-1-2-17(13-19)21-14-30(15-28-21)20-8-10-29(11-9-20)22(31)12-16-4-6-18(7-5-16)23(25,26)27/h1-3,13-16,18,20H,4-12H2. The highest BCUT2D eigenvalue weighted by atomic mass is 19.4. The summed E-state index contributed by atoms with van der Waals surface area (Å²) in [5.74, 6) is -1.39. The Kier molecular flexibility index (Phi) is 6.34. The van der Waals surface area contributed by atoms with Gasteiger partial charge in [-0.05, 0) is 56.6 Å². The normalized spacial score (nSPS) is 23.2. The van der Waals surface area contributed by atoms with E-state index >= 15 is 0 Å². The van der Waals surface area contributed by atoms with Gasteiger partial charge in [0, 0.05) is 37.3 Å². The fraction of sp³-hybridized carbons (Fsp3) is 0.565. The van der Waals surface area contributed by atoms with Crippen molar-refractivity contribution in [3.8, 4) is 11.3 Å². The molecular formula is C23H27F4N3O. The summed E-state index contributed by atoms with van der Waals surface area (Å²) in [4.78, 5) is 18.9. The van der Waals surface area contributed by atoms with E-state index in [1.165, 1.54) is 12.1 Å². The van der Waals surface area contributed by atoms with E-state index in [4.69, 9.17) is 0 Å². The second-order valence-corrected chi connectivity index (χ2v) is 8.79. The van der Waals surface area contributed by atoms with Crippen molar-refractivity contribution in [2.45, 2.75) is 57.2 Å². The minimum absolute atomic E-state index is 0.0555. The first kappa shape index (κ1) is 21.8. The van der Waals surface area contributed by atoms with Crippen molar-refractivity contribution < 1.29 is 22.4 Å². The van der Waals surface area contributed by atoms with Crippen molar-refractivity contribution in [2.75, 3.05) is 13.1 Å². The Morgan fingerprint density at radius 2 is 1.77 bits per heavy atom. The van der Waals surface area contributed by atoms with Crippen molar-refractivity contribution in [3.63, 3.8) is 0 Å². The van der Waals surface area contributed by atoms with E-state index < -0.39 is 12.1 Å². The summed E-state index contributed by atoms with van der Waals surface area (Å²) in [5, 5.41) is 0. The van der Waals surface area contributed by atoms with Crippen LogP contribution in [0.2, 0.25) is 0 Å². The quantitative estimate of drug-likeness (QED) is 0.583. The Bertz CT molecular complexity index is 894. The van der Waals surface area contributed by atoms with Gasteiger partial charge in [-0.25, -0.2) is 9.37 Å². The highest BCUT2D eigenvalue weighted by molar-refractivity contribution is 5.76. The van der Waals surface area contributed by atoms with Gasteiger partial charge in [-0.1, -0.05) is 12.1 Å². The minimum Gasteiger partial charge on any atom is -0.343 e. The smallest absolute Gasteiger partial charge is 0.343 e. The fourth-order valence-corrected chi connectivity index (χ4v) is 4.82. The van der Waals surface area contributed by atoms with Gasteiger partial charge in [0.25, 0.3) is 0 Å². The number of imidazole rings is 1. The zero-order chi connectivity index (χ0) is 22.0. The van der Waals surface area contributed by atoms with E-state index in [1.807, 2.05) is 21.7 Å². The van der Waals surface area contributed by atoms with Crippen LogP contribution in [0.4, 0.5) is 17.6 Å². The fourth-order valence-electron chi connectivity index (χ4n) is 4.82. The van der Waals surface area contributed by atoms with E-state index in [2.05, 4.69) is 4.98 Å². The molecule has 4 nitrogen and oxygen atoms in total. The predicted molar refractivity (Wildman–Crippen MR) is 109 cm³/mol. The highest BCUT2D eigenvalue weighted by Crippen LogP contribution is 2.40. The second kappa shape index (κ2) is 9.01. The van der Waals surface area contributed by atoms with E-state index in [-0.39, 0.29) is 36.5 Å². The zero-order valence-corrected chi connectivity index (χ0v) is 17.3. The third-order valence-corrected chi connectivity index (χ3v) is 6.73. The van der Waals surface area contributed by atoms with Gasteiger partial charge in [0.15, 0.2) is 0 Å². The maximum atomic E-state index is 13.5. The third kappa shape index (κ3) is 5.28.